The normalized spacial score (nSPS) is 18.2. The zero-order valence-electron chi connectivity index (χ0n) is 18.5. The van der Waals surface area contributed by atoms with Crippen molar-refractivity contribution in [1.82, 2.24) is 14.9 Å². The molecule has 1 aliphatic heterocycles. The van der Waals surface area contributed by atoms with Gasteiger partial charge in [0.2, 0.25) is 10.0 Å². The Morgan fingerprint density at radius 1 is 0.939 bits per heavy atom. The number of halogens is 1. The minimum Gasteiger partial charge on any atom is -0.314 e. The van der Waals surface area contributed by atoms with Crippen molar-refractivity contribution in [1.29, 1.82) is 0 Å². The minimum atomic E-state index is -3.76. The highest BCUT2D eigenvalue weighted by Gasteiger charge is 2.28. The van der Waals surface area contributed by atoms with E-state index in [0.717, 1.165) is 31.6 Å². The fourth-order valence-corrected chi connectivity index (χ4v) is 6.15. The van der Waals surface area contributed by atoms with Gasteiger partial charge in [0.05, 0.1) is 5.02 Å². The maximum Gasteiger partial charge on any atom is 0.242 e. The van der Waals surface area contributed by atoms with Crippen LogP contribution in [0.15, 0.2) is 89.8 Å². The molecule has 3 aromatic carbocycles. The molecule has 33 heavy (non-hydrogen) atoms. The van der Waals surface area contributed by atoms with Gasteiger partial charge in [0.25, 0.3) is 0 Å². The molecule has 3 aromatic rings. The molecule has 0 spiro atoms. The van der Waals surface area contributed by atoms with Crippen LogP contribution in [0.5, 0.6) is 0 Å². The first-order chi connectivity index (χ1) is 16.0. The summed E-state index contributed by atoms with van der Waals surface area (Å²) in [5.41, 5.74) is 2.38. The molecule has 2 atom stereocenters. The van der Waals surface area contributed by atoms with Gasteiger partial charge in [0, 0.05) is 38.3 Å². The Labute approximate surface area is 201 Å². The predicted molar refractivity (Wildman–Crippen MR) is 134 cm³/mol. The van der Waals surface area contributed by atoms with Gasteiger partial charge in [0.15, 0.2) is 0 Å². The molecule has 1 heterocycles. The van der Waals surface area contributed by atoms with Crippen LogP contribution in [0.2, 0.25) is 5.02 Å². The van der Waals surface area contributed by atoms with E-state index >= 15 is 0 Å². The van der Waals surface area contributed by atoms with Crippen LogP contribution >= 0.6 is 11.6 Å². The Hall–Kier alpha value is -2.22. The molecular weight excluding hydrogens is 454 g/mol. The van der Waals surface area contributed by atoms with Gasteiger partial charge in [-0.25, -0.2) is 13.1 Å². The second kappa shape index (κ2) is 11.3. The quantitative estimate of drug-likeness (QED) is 0.486. The first-order valence-corrected chi connectivity index (χ1v) is 13.2. The van der Waals surface area contributed by atoms with Crippen LogP contribution in [-0.2, 0) is 22.9 Å². The SMILES string of the molecule is O=S(=O)(N[C@@H](Cc1ccccc1)CN1CCNC[C@@H]1Cc1ccccc1)c1ccccc1Cl. The first kappa shape index (κ1) is 23.9. The Morgan fingerprint density at radius 2 is 1.58 bits per heavy atom. The van der Waals surface area contributed by atoms with E-state index in [0.29, 0.717) is 19.0 Å². The summed E-state index contributed by atoms with van der Waals surface area (Å²) in [7, 11) is -3.76. The van der Waals surface area contributed by atoms with E-state index in [-0.39, 0.29) is 16.0 Å². The molecule has 1 aliphatic rings. The molecule has 0 aliphatic carbocycles. The monoisotopic (exact) mass is 483 g/mol. The van der Waals surface area contributed by atoms with Gasteiger partial charge in [0.1, 0.15) is 4.90 Å². The van der Waals surface area contributed by atoms with E-state index in [2.05, 4.69) is 39.2 Å². The third-order valence-corrected chi connectivity index (χ3v) is 8.03. The maximum absolute atomic E-state index is 13.2. The molecule has 0 unspecified atom stereocenters. The Kier molecular flexibility index (Phi) is 8.17. The van der Waals surface area contributed by atoms with Gasteiger partial charge in [-0.05, 0) is 36.1 Å². The molecule has 0 saturated carbocycles. The van der Waals surface area contributed by atoms with Crippen molar-refractivity contribution in [2.24, 2.45) is 0 Å². The van der Waals surface area contributed by atoms with E-state index in [1.807, 2.05) is 36.4 Å². The van der Waals surface area contributed by atoms with Crippen LogP contribution in [0.1, 0.15) is 11.1 Å². The number of nitrogens with one attached hydrogen (secondary N) is 2. The lowest BCUT2D eigenvalue weighted by Crippen LogP contribution is -2.56. The summed E-state index contributed by atoms with van der Waals surface area (Å²) in [6.07, 6.45) is 1.52. The zero-order chi connectivity index (χ0) is 23.1. The standard InChI is InChI=1S/C26H30ClN3O2S/c27-25-13-7-8-14-26(25)33(31,32)29-23(17-21-9-3-1-4-10-21)20-30-16-15-28-19-24(30)18-22-11-5-2-6-12-22/h1-14,23-24,28-29H,15-20H2/t23-,24-/m0/s1. The van der Waals surface area contributed by atoms with Crippen molar-refractivity contribution < 1.29 is 8.42 Å². The van der Waals surface area contributed by atoms with Crippen molar-refractivity contribution in [2.75, 3.05) is 26.2 Å². The summed E-state index contributed by atoms with van der Waals surface area (Å²) in [6, 6.07) is 27.0. The number of nitrogens with zero attached hydrogens (tertiary/aromatic N) is 1. The van der Waals surface area contributed by atoms with Crippen molar-refractivity contribution in [3.63, 3.8) is 0 Å². The average Bonchev–Trinajstić information content (AvgIpc) is 2.81. The smallest absolute Gasteiger partial charge is 0.242 e. The number of piperazine rings is 1. The minimum absolute atomic E-state index is 0.117. The molecule has 174 valence electrons. The van der Waals surface area contributed by atoms with Crippen LogP contribution in [0.4, 0.5) is 0 Å². The topological polar surface area (TPSA) is 61.4 Å². The van der Waals surface area contributed by atoms with Gasteiger partial charge in [-0.1, -0.05) is 84.4 Å². The van der Waals surface area contributed by atoms with Gasteiger partial charge in [-0.2, -0.15) is 0 Å². The van der Waals surface area contributed by atoms with Crippen LogP contribution in [0.25, 0.3) is 0 Å². The molecule has 1 saturated heterocycles. The summed E-state index contributed by atoms with van der Waals surface area (Å²) in [5, 5.41) is 3.72. The molecule has 2 N–H and O–H groups in total. The predicted octanol–water partition coefficient (Wildman–Crippen LogP) is 3.75. The number of benzene rings is 3. The third-order valence-electron chi connectivity index (χ3n) is 6.01. The lowest BCUT2D eigenvalue weighted by atomic mass is 10.0. The Bertz CT molecular complexity index is 1130. The molecule has 5 nitrogen and oxygen atoms in total. The van der Waals surface area contributed by atoms with E-state index in [4.69, 9.17) is 11.6 Å². The molecule has 0 aromatic heterocycles. The number of rotatable bonds is 9. The van der Waals surface area contributed by atoms with Gasteiger partial charge in [-0.15, -0.1) is 0 Å². The first-order valence-electron chi connectivity index (χ1n) is 11.3. The maximum atomic E-state index is 13.2. The van der Waals surface area contributed by atoms with E-state index in [1.165, 1.54) is 5.56 Å². The lowest BCUT2D eigenvalue weighted by Gasteiger charge is -2.38. The highest BCUT2D eigenvalue weighted by Crippen LogP contribution is 2.21. The van der Waals surface area contributed by atoms with Crippen molar-refractivity contribution in [2.45, 2.75) is 29.8 Å². The van der Waals surface area contributed by atoms with E-state index < -0.39 is 10.0 Å². The molecule has 0 amide bonds. The highest BCUT2D eigenvalue weighted by molar-refractivity contribution is 7.89. The molecular formula is C26H30ClN3O2S. The molecule has 7 heteroatoms. The van der Waals surface area contributed by atoms with Crippen LogP contribution in [0.3, 0.4) is 0 Å². The lowest BCUT2D eigenvalue weighted by molar-refractivity contribution is 0.148. The Balaban J connectivity index is 1.55. The van der Waals surface area contributed by atoms with Crippen molar-refractivity contribution >= 4 is 21.6 Å². The number of sulfonamides is 1. The molecule has 0 bridgehead atoms. The Morgan fingerprint density at radius 3 is 2.27 bits per heavy atom. The zero-order valence-corrected chi connectivity index (χ0v) is 20.1. The third kappa shape index (κ3) is 6.65. The summed E-state index contributed by atoms with van der Waals surface area (Å²) in [5.74, 6) is 0. The number of hydrogen-bond donors (Lipinski definition) is 2. The van der Waals surface area contributed by atoms with Gasteiger partial charge < -0.3 is 5.32 Å². The van der Waals surface area contributed by atoms with Crippen LogP contribution in [0, 0.1) is 0 Å². The highest BCUT2D eigenvalue weighted by atomic mass is 35.5. The average molecular weight is 484 g/mol. The van der Waals surface area contributed by atoms with Gasteiger partial charge in [-0.3, -0.25) is 4.90 Å². The van der Waals surface area contributed by atoms with E-state index in [1.54, 1.807) is 24.3 Å². The number of hydrogen-bond acceptors (Lipinski definition) is 4. The summed E-state index contributed by atoms with van der Waals surface area (Å²) >= 11 is 6.22. The van der Waals surface area contributed by atoms with Crippen LogP contribution < -0.4 is 10.0 Å². The van der Waals surface area contributed by atoms with Gasteiger partial charge >= 0.3 is 0 Å². The van der Waals surface area contributed by atoms with Crippen LogP contribution in [-0.4, -0.2) is 51.6 Å². The molecule has 1 fully saturated rings. The van der Waals surface area contributed by atoms with Crippen molar-refractivity contribution in [3.8, 4) is 0 Å². The van der Waals surface area contributed by atoms with Crippen molar-refractivity contribution in [3.05, 3.63) is 101 Å². The summed E-state index contributed by atoms with van der Waals surface area (Å²) < 4.78 is 29.4. The largest absolute Gasteiger partial charge is 0.314 e. The summed E-state index contributed by atoms with van der Waals surface area (Å²) in [4.78, 5) is 2.53. The second-order valence-corrected chi connectivity index (χ2v) is 10.6. The molecule has 0 radical (unpaired) electrons. The molecule has 4 rings (SSSR count). The fourth-order valence-electron chi connectivity index (χ4n) is 4.40. The fraction of sp³-hybridized carbons (Fsp3) is 0.308. The summed E-state index contributed by atoms with van der Waals surface area (Å²) in [6.45, 7) is 3.26. The van der Waals surface area contributed by atoms with E-state index in [9.17, 15) is 8.42 Å². The second-order valence-electron chi connectivity index (χ2n) is 8.48.